The van der Waals surface area contributed by atoms with Gasteiger partial charge in [-0.25, -0.2) is 0 Å². The van der Waals surface area contributed by atoms with E-state index in [4.69, 9.17) is 10.4 Å². The lowest BCUT2D eigenvalue weighted by atomic mass is 9.90. The van der Waals surface area contributed by atoms with Crippen LogP contribution in [0.4, 0.5) is 0 Å². The first-order valence-electron chi connectivity index (χ1n) is 2.77. The van der Waals surface area contributed by atoms with E-state index in [-0.39, 0.29) is 0 Å². The molecule has 0 fully saturated rings. The fourth-order valence-corrected chi connectivity index (χ4v) is 1.48. The van der Waals surface area contributed by atoms with E-state index in [2.05, 4.69) is 22.6 Å². The minimum atomic E-state index is -1.19. The summed E-state index contributed by atoms with van der Waals surface area (Å²) in [4.78, 5) is 10.4. The molecule has 0 saturated heterocycles. The number of hydrogen-bond donors (Lipinski definition) is 1. The molecule has 56 valence electrons. The van der Waals surface area contributed by atoms with Gasteiger partial charge in [0.2, 0.25) is 0 Å². The lowest BCUT2D eigenvalue weighted by molar-refractivity contribution is -0.144. The summed E-state index contributed by atoms with van der Waals surface area (Å²) in [5.41, 5.74) is -1.19. The van der Waals surface area contributed by atoms with Gasteiger partial charge in [-0.3, -0.25) is 4.79 Å². The molecule has 1 atom stereocenters. The van der Waals surface area contributed by atoms with Gasteiger partial charge in [0.05, 0.1) is 6.07 Å². The number of nitrogens with zero attached hydrogens (tertiary/aromatic N) is 1. The minimum Gasteiger partial charge on any atom is -0.480 e. The van der Waals surface area contributed by atoms with Crippen molar-refractivity contribution in [3.8, 4) is 6.07 Å². The number of alkyl halides is 1. The summed E-state index contributed by atoms with van der Waals surface area (Å²) < 4.78 is 0.689. The molecule has 0 radical (unpaired) electrons. The zero-order chi connectivity index (χ0) is 8.20. The van der Waals surface area contributed by atoms with Gasteiger partial charge in [0.25, 0.3) is 0 Å². The summed E-state index contributed by atoms with van der Waals surface area (Å²) in [6.45, 7) is 1.44. The SMILES string of the molecule is CC(C#N)(CCI)C(=O)O. The van der Waals surface area contributed by atoms with Crippen molar-refractivity contribution < 1.29 is 9.90 Å². The molecule has 1 N–H and O–H groups in total. The second kappa shape index (κ2) is 3.76. The Bertz CT molecular complexity index is 175. The number of aliphatic carboxylic acids is 1. The largest absolute Gasteiger partial charge is 0.480 e. The Morgan fingerprint density at radius 1 is 1.90 bits per heavy atom. The Balaban J connectivity index is 4.27. The topological polar surface area (TPSA) is 61.1 Å². The van der Waals surface area contributed by atoms with Gasteiger partial charge in [-0.05, 0) is 13.3 Å². The molecular weight excluding hydrogens is 245 g/mol. The molecule has 0 heterocycles. The number of carboxylic acids is 1. The summed E-state index contributed by atoms with van der Waals surface area (Å²) in [7, 11) is 0. The highest BCUT2D eigenvalue weighted by Crippen LogP contribution is 2.21. The highest BCUT2D eigenvalue weighted by Gasteiger charge is 2.31. The fourth-order valence-electron chi connectivity index (χ4n) is 0.400. The molecule has 0 saturated carbocycles. The molecule has 0 aliphatic rings. The highest BCUT2D eigenvalue weighted by atomic mass is 127. The van der Waals surface area contributed by atoms with Crippen molar-refractivity contribution in [2.45, 2.75) is 13.3 Å². The van der Waals surface area contributed by atoms with E-state index in [0.29, 0.717) is 10.8 Å². The third kappa shape index (κ3) is 2.14. The third-order valence-corrected chi connectivity index (χ3v) is 1.85. The van der Waals surface area contributed by atoms with Crippen LogP contribution in [0.2, 0.25) is 0 Å². The fraction of sp³-hybridized carbons (Fsp3) is 0.667. The summed E-state index contributed by atoms with van der Waals surface area (Å²) in [6.07, 6.45) is 0.402. The number of halogens is 1. The number of rotatable bonds is 3. The van der Waals surface area contributed by atoms with E-state index >= 15 is 0 Å². The van der Waals surface area contributed by atoms with Gasteiger partial charge in [-0.1, -0.05) is 22.6 Å². The highest BCUT2D eigenvalue weighted by molar-refractivity contribution is 14.1. The first-order valence-corrected chi connectivity index (χ1v) is 4.30. The van der Waals surface area contributed by atoms with Crippen molar-refractivity contribution >= 4 is 28.6 Å². The summed E-state index contributed by atoms with van der Waals surface area (Å²) in [5.74, 6) is -1.04. The summed E-state index contributed by atoms with van der Waals surface area (Å²) in [5, 5.41) is 17.0. The van der Waals surface area contributed by atoms with Gasteiger partial charge >= 0.3 is 5.97 Å². The van der Waals surface area contributed by atoms with Crippen molar-refractivity contribution in [3.05, 3.63) is 0 Å². The van der Waals surface area contributed by atoms with Gasteiger partial charge in [0.1, 0.15) is 0 Å². The molecule has 0 aromatic carbocycles. The van der Waals surface area contributed by atoms with E-state index in [0.717, 1.165) is 0 Å². The summed E-state index contributed by atoms with van der Waals surface area (Å²) >= 11 is 2.05. The van der Waals surface area contributed by atoms with Crippen LogP contribution in [0.3, 0.4) is 0 Å². The molecule has 0 spiro atoms. The Labute approximate surface area is 73.2 Å². The third-order valence-electron chi connectivity index (χ3n) is 1.31. The normalized spacial score (nSPS) is 15.3. The van der Waals surface area contributed by atoms with E-state index in [9.17, 15) is 4.79 Å². The van der Waals surface area contributed by atoms with E-state index in [1.807, 2.05) is 0 Å². The van der Waals surface area contributed by atoms with E-state index in [1.54, 1.807) is 6.07 Å². The maximum absolute atomic E-state index is 10.4. The smallest absolute Gasteiger partial charge is 0.323 e. The molecule has 0 aromatic heterocycles. The maximum Gasteiger partial charge on any atom is 0.323 e. The maximum atomic E-state index is 10.4. The van der Waals surface area contributed by atoms with Gasteiger partial charge in [0.15, 0.2) is 5.41 Å². The first-order chi connectivity index (χ1) is 4.56. The van der Waals surface area contributed by atoms with Crippen LogP contribution in [0.5, 0.6) is 0 Å². The lowest BCUT2D eigenvalue weighted by Crippen LogP contribution is -2.25. The van der Waals surface area contributed by atoms with Crippen LogP contribution < -0.4 is 0 Å². The molecule has 0 rings (SSSR count). The molecule has 0 aliphatic heterocycles. The minimum absolute atomic E-state index is 0.402. The van der Waals surface area contributed by atoms with Crippen LogP contribution in [-0.4, -0.2) is 15.5 Å². The summed E-state index contributed by atoms with van der Waals surface area (Å²) in [6, 6.07) is 1.77. The molecule has 10 heavy (non-hydrogen) atoms. The molecule has 0 bridgehead atoms. The van der Waals surface area contributed by atoms with Crippen LogP contribution in [-0.2, 0) is 4.79 Å². The number of nitriles is 1. The van der Waals surface area contributed by atoms with Crippen LogP contribution in [0.15, 0.2) is 0 Å². The average Bonchev–Trinajstić information content (AvgIpc) is 1.88. The van der Waals surface area contributed by atoms with Crippen molar-refractivity contribution in [1.29, 1.82) is 5.26 Å². The Hall–Kier alpha value is -0.310. The monoisotopic (exact) mass is 253 g/mol. The zero-order valence-electron chi connectivity index (χ0n) is 5.59. The molecule has 0 aromatic rings. The van der Waals surface area contributed by atoms with Gasteiger partial charge in [-0.15, -0.1) is 0 Å². The van der Waals surface area contributed by atoms with Crippen molar-refractivity contribution in [1.82, 2.24) is 0 Å². The Morgan fingerprint density at radius 3 is 2.50 bits per heavy atom. The lowest BCUT2D eigenvalue weighted by Gasteiger charge is -2.12. The van der Waals surface area contributed by atoms with Gasteiger partial charge < -0.3 is 5.11 Å². The Kier molecular flexibility index (Phi) is 3.64. The average molecular weight is 253 g/mol. The predicted molar refractivity (Wildman–Crippen MR) is 44.9 cm³/mol. The second-order valence-corrected chi connectivity index (χ2v) is 3.27. The van der Waals surface area contributed by atoms with Gasteiger partial charge in [-0.2, -0.15) is 5.26 Å². The number of hydrogen-bond acceptors (Lipinski definition) is 2. The second-order valence-electron chi connectivity index (χ2n) is 2.19. The molecular formula is C6H8INO2. The molecule has 3 nitrogen and oxygen atoms in total. The van der Waals surface area contributed by atoms with Crippen LogP contribution in [0.25, 0.3) is 0 Å². The predicted octanol–water partition coefficient (Wildman–Crippen LogP) is 1.43. The molecule has 1 unspecified atom stereocenters. The number of carboxylic acid groups (broad SMARTS) is 1. The molecule has 0 amide bonds. The Morgan fingerprint density at radius 2 is 2.40 bits per heavy atom. The van der Waals surface area contributed by atoms with Crippen LogP contribution in [0, 0.1) is 16.7 Å². The van der Waals surface area contributed by atoms with E-state index in [1.165, 1.54) is 6.92 Å². The zero-order valence-corrected chi connectivity index (χ0v) is 7.75. The first kappa shape index (κ1) is 9.69. The van der Waals surface area contributed by atoms with Gasteiger partial charge in [0, 0.05) is 4.43 Å². The standard InChI is InChI=1S/C6H8INO2/c1-6(4-8,2-3-7)5(9)10/h2-3H2,1H3,(H,9,10). The van der Waals surface area contributed by atoms with Crippen LogP contribution in [0.1, 0.15) is 13.3 Å². The number of carbonyl (C=O) groups is 1. The van der Waals surface area contributed by atoms with Crippen LogP contribution >= 0.6 is 22.6 Å². The van der Waals surface area contributed by atoms with Crippen molar-refractivity contribution in [2.24, 2.45) is 5.41 Å². The van der Waals surface area contributed by atoms with E-state index < -0.39 is 11.4 Å². The molecule has 4 heteroatoms. The van der Waals surface area contributed by atoms with Crippen molar-refractivity contribution in [2.75, 3.05) is 4.43 Å². The quantitative estimate of drug-likeness (QED) is 0.611. The van der Waals surface area contributed by atoms with Crippen molar-refractivity contribution in [3.63, 3.8) is 0 Å². The molecule has 0 aliphatic carbocycles.